The fourth-order valence-corrected chi connectivity index (χ4v) is 1.10. The Morgan fingerprint density at radius 2 is 2.31 bits per heavy atom. The van der Waals surface area contributed by atoms with Crippen molar-refractivity contribution >= 4 is 11.6 Å². The zero-order valence-corrected chi connectivity index (χ0v) is 7.58. The van der Waals surface area contributed by atoms with Crippen molar-refractivity contribution in [3.05, 3.63) is 12.1 Å². The largest absolute Gasteiger partial charge is 0.487 e. The van der Waals surface area contributed by atoms with Crippen LogP contribution in [0.2, 0.25) is 0 Å². The molecule has 1 aromatic heterocycles. The van der Waals surface area contributed by atoms with Gasteiger partial charge in [-0.25, -0.2) is 4.98 Å². The molecule has 0 aromatic carbocycles. The van der Waals surface area contributed by atoms with E-state index in [0.29, 0.717) is 17.7 Å². The van der Waals surface area contributed by atoms with Crippen molar-refractivity contribution in [3.8, 4) is 5.75 Å². The van der Waals surface area contributed by atoms with E-state index in [1.54, 1.807) is 6.07 Å². The summed E-state index contributed by atoms with van der Waals surface area (Å²) in [6.07, 6.45) is 2.68. The molecule has 0 bridgehead atoms. The molecule has 2 rings (SSSR count). The van der Waals surface area contributed by atoms with Crippen LogP contribution in [0.1, 0.15) is 12.8 Å². The molecule has 0 aliphatic heterocycles. The van der Waals surface area contributed by atoms with Gasteiger partial charge in [0.25, 0.3) is 0 Å². The fraction of sp³-hybridized carbons (Fsp3) is 0.444. The number of nitrogens with two attached hydrogens (primary N) is 1. The Kier molecular flexibility index (Phi) is 1.96. The lowest BCUT2D eigenvalue weighted by molar-refractivity contribution is 0.304. The highest BCUT2D eigenvalue weighted by molar-refractivity contribution is 5.54. The Morgan fingerprint density at radius 1 is 1.54 bits per heavy atom. The predicted octanol–water partition coefficient (Wildman–Crippen LogP) is 1.25. The van der Waals surface area contributed by atoms with Gasteiger partial charge in [-0.1, -0.05) is 0 Å². The zero-order valence-electron chi connectivity index (χ0n) is 7.58. The topological polar surface area (TPSA) is 60.2 Å². The molecule has 4 heteroatoms. The number of nitrogens with zero attached hydrogens (tertiary/aromatic N) is 1. The second-order valence-corrected chi connectivity index (χ2v) is 3.15. The van der Waals surface area contributed by atoms with Gasteiger partial charge in [0.2, 0.25) is 0 Å². The Hall–Kier alpha value is -1.45. The van der Waals surface area contributed by atoms with Crippen LogP contribution < -0.4 is 15.8 Å². The monoisotopic (exact) mass is 179 g/mol. The number of ether oxygens (including phenoxy) is 1. The van der Waals surface area contributed by atoms with Crippen molar-refractivity contribution in [1.82, 2.24) is 4.98 Å². The van der Waals surface area contributed by atoms with Crippen molar-refractivity contribution in [2.75, 3.05) is 18.1 Å². The van der Waals surface area contributed by atoms with Gasteiger partial charge in [-0.3, -0.25) is 0 Å². The Labute approximate surface area is 77.1 Å². The van der Waals surface area contributed by atoms with Crippen molar-refractivity contribution < 1.29 is 4.74 Å². The molecular weight excluding hydrogens is 166 g/mol. The number of hydrogen-bond acceptors (Lipinski definition) is 4. The molecule has 1 aliphatic carbocycles. The first-order valence-electron chi connectivity index (χ1n) is 4.40. The summed E-state index contributed by atoms with van der Waals surface area (Å²) < 4.78 is 5.62. The normalized spacial score (nSPS) is 15.5. The standard InChI is InChI=1S/C9H13N3O/c1-11-9-7(13-6-2-3-6)4-5-8(10)12-9/h4-6H,2-3H2,1H3,(H3,10,11,12). The molecule has 0 saturated heterocycles. The van der Waals surface area contributed by atoms with Crippen molar-refractivity contribution in [3.63, 3.8) is 0 Å². The summed E-state index contributed by atoms with van der Waals surface area (Å²) in [5.41, 5.74) is 5.54. The highest BCUT2D eigenvalue weighted by Gasteiger charge is 2.24. The van der Waals surface area contributed by atoms with E-state index in [1.807, 2.05) is 13.1 Å². The van der Waals surface area contributed by atoms with Gasteiger partial charge in [0.1, 0.15) is 5.82 Å². The SMILES string of the molecule is CNc1nc(N)ccc1OC1CC1. The summed E-state index contributed by atoms with van der Waals surface area (Å²) in [4.78, 5) is 4.11. The summed E-state index contributed by atoms with van der Waals surface area (Å²) in [7, 11) is 1.81. The van der Waals surface area contributed by atoms with Crippen LogP contribution in [0.3, 0.4) is 0 Å². The van der Waals surface area contributed by atoms with Gasteiger partial charge >= 0.3 is 0 Å². The molecule has 13 heavy (non-hydrogen) atoms. The Morgan fingerprint density at radius 3 is 2.92 bits per heavy atom. The summed E-state index contributed by atoms with van der Waals surface area (Å²) in [6.45, 7) is 0. The van der Waals surface area contributed by atoms with Gasteiger partial charge in [-0.2, -0.15) is 0 Å². The van der Waals surface area contributed by atoms with Gasteiger partial charge in [0.05, 0.1) is 6.10 Å². The molecule has 3 N–H and O–H groups in total. The predicted molar refractivity (Wildman–Crippen MR) is 51.8 cm³/mol. The molecule has 1 aromatic rings. The van der Waals surface area contributed by atoms with Crippen LogP contribution in [0.25, 0.3) is 0 Å². The third kappa shape index (κ3) is 1.83. The highest BCUT2D eigenvalue weighted by atomic mass is 16.5. The van der Waals surface area contributed by atoms with Gasteiger partial charge in [0, 0.05) is 7.05 Å². The van der Waals surface area contributed by atoms with Crippen molar-refractivity contribution in [1.29, 1.82) is 0 Å². The van der Waals surface area contributed by atoms with E-state index in [1.165, 1.54) is 0 Å². The molecule has 0 atom stereocenters. The lowest BCUT2D eigenvalue weighted by Crippen LogP contribution is -2.03. The maximum atomic E-state index is 5.62. The third-order valence-corrected chi connectivity index (χ3v) is 1.93. The smallest absolute Gasteiger partial charge is 0.170 e. The molecule has 1 fully saturated rings. The van der Waals surface area contributed by atoms with Crippen LogP contribution in [0.15, 0.2) is 12.1 Å². The fourth-order valence-electron chi connectivity index (χ4n) is 1.10. The first-order chi connectivity index (χ1) is 6.29. The molecule has 4 nitrogen and oxygen atoms in total. The van der Waals surface area contributed by atoms with Crippen molar-refractivity contribution in [2.45, 2.75) is 18.9 Å². The van der Waals surface area contributed by atoms with Crippen molar-refractivity contribution in [2.24, 2.45) is 0 Å². The van der Waals surface area contributed by atoms with Gasteiger partial charge in [-0.05, 0) is 25.0 Å². The average Bonchev–Trinajstić information content (AvgIpc) is 2.92. The number of pyridine rings is 1. The van der Waals surface area contributed by atoms with E-state index in [2.05, 4.69) is 10.3 Å². The molecule has 70 valence electrons. The summed E-state index contributed by atoms with van der Waals surface area (Å²) >= 11 is 0. The third-order valence-electron chi connectivity index (χ3n) is 1.93. The van der Waals surface area contributed by atoms with Crippen LogP contribution in [-0.2, 0) is 0 Å². The maximum Gasteiger partial charge on any atom is 0.170 e. The van der Waals surface area contributed by atoms with E-state index >= 15 is 0 Å². The quantitative estimate of drug-likeness (QED) is 0.733. The first kappa shape index (κ1) is 8.16. The van der Waals surface area contributed by atoms with Crippen LogP contribution in [0, 0.1) is 0 Å². The minimum Gasteiger partial charge on any atom is -0.487 e. The minimum atomic E-state index is 0.387. The molecule has 0 amide bonds. The van der Waals surface area contributed by atoms with Crippen LogP contribution in [0.5, 0.6) is 5.75 Å². The van der Waals surface area contributed by atoms with Gasteiger partial charge < -0.3 is 15.8 Å². The second kappa shape index (κ2) is 3.12. The zero-order chi connectivity index (χ0) is 9.26. The summed E-state index contributed by atoms with van der Waals surface area (Å²) in [5.74, 6) is 2.01. The molecule has 1 saturated carbocycles. The number of rotatable bonds is 3. The van der Waals surface area contributed by atoms with E-state index in [-0.39, 0.29) is 0 Å². The van der Waals surface area contributed by atoms with E-state index in [4.69, 9.17) is 10.5 Å². The van der Waals surface area contributed by atoms with E-state index in [0.717, 1.165) is 18.6 Å². The van der Waals surface area contributed by atoms with E-state index in [9.17, 15) is 0 Å². The highest BCUT2D eigenvalue weighted by Crippen LogP contribution is 2.31. The number of anilines is 2. The van der Waals surface area contributed by atoms with Crippen LogP contribution >= 0.6 is 0 Å². The lowest BCUT2D eigenvalue weighted by Gasteiger charge is -2.09. The minimum absolute atomic E-state index is 0.387. The second-order valence-electron chi connectivity index (χ2n) is 3.15. The van der Waals surface area contributed by atoms with Crippen LogP contribution in [-0.4, -0.2) is 18.1 Å². The molecule has 1 aliphatic rings. The summed E-state index contributed by atoms with van der Waals surface area (Å²) in [6, 6.07) is 3.60. The average molecular weight is 179 g/mol. The molecule has 1 heterocycles. The Balaban J connectivity index is 2.21. The molecule has 0 spiro atoms. The van der Waals surface area contributed by atoms with Gasteiger partial charge in [-0.15, -0.1) is 0 Å². The van der Waals surface area contributed by atoms with E-state index < -0.39 is 0 Å². The number of hydrogen-bond donors (Lipinski definition) is 2. The maximum absolute atomic E-state index is 5.62. The number of nitrogens with one attached hydrogen (secondary N) is 1. The number of aromatic nitrogens is 1. The molecular formula is C9H13N3O. The van der Waals surface area contributed by atoms with Gasteiger partial charge in [0.15, 0.2) is 11.6 Å². The summed E-state index contributed by atoms with van der Waals surface area (Å²) in [5, 5.41) is 2.95. The first-order valence-corrected chi connectivity index (χ1v) is 4.40. The lowest BCUT2D eigenvalue weighted by atomic mass is 10.4. The molecule has 0 unspecified atom stereocenters. The van der Waals surface area contributed by atoms with Crippen LogP contribution in [0.4, 0.5) is 11.6 Å². The number of nitrogen functional groups attached to an aromatic ring is 1. The molecule has 0 radical (unpaired) electrons. The Bertz CT molecular complexity index is 310.